The number of nitrogens with one attached hydrogen (secondary N) is 3. The van der Waals surface area contributed by atoms with E-state index in [1.807, 2.05) is 11.8 Å². The Morgan fingerprint density at radius 1 is 1.35 bits per heavy atom. The van der Waals surface area contributed by atoms with Gasteiger partial charge in [-0.2, -0.15) is 11.8 Å². The summed E-state index contributed by atoms with van der Waals surface area (Å²) < 4.78 is 0. The van der Waals surface area contributed by atoms with E-state index in [-0.39, 0.29) is 24.0 Å². The molecule has 0 saturated carbocycles. The maximum Gasteiger partial charge on any atom is 0.315 e. The maximum absolute atomic E-state index is 11.7. The van der Waals surface area contributed by atoms with Gasteiger partial charge in [-0.25, -0.2) is 4.79 Å². The summed E-state index contributed by atoms with van der Waals surface area (Å²) in [6, 6.07) is 0.466. The summed E-state index contributed by atoms with van der Waals surface area (Å²) in [5.74, 6) is 1.06. The number of fused-ring (bicyclic) bond motifs is 1. The minimum Gasteiger partial charge on any atom is -0.356 e. The van der Waals surface area contributed by atoms with E-state index in [1.165, 1.54) is 0 Å². The van der Waals surface area contributed by atoms with E-state index < -0.39 is 0 Å². The van der Waals surface area contributed by atoms with Gasteiger partial charge < -0.3 is 16.0 Å². The van der Waals surface area contributed by atoms with E-state index in [1.54, 1.807) is 0 Å². The predicted octanol–water partition coefficient (Wildman–Crippen LogP) is 1.92. The number of azide groups is 1. The van der Waals surface area contributed by atoms with Gasteiger partial charge in [0, 0.05) is 35.4 Å². The van der Waals surface area contributed by atoms with Gasteiger partial charge in [-0.15, -0.1) is 0 Å². The van der Waals surface area contributed by atoms with E-state index in [4.69, 9.17) is 5.53 Å². The van der Waals surface area contributed by atoms with Gasteiger partial charge in [0.05, 0.1) is 12.1 Å². The average molecular weight is 340 g/mol. The van der Waals surface area contributed by atoms with Gasteiger partial charge in [0.25, 0.3) is 0 Å². The van der Waals surface area contributed by atoms with Crippen LogP contribution in [-0.2, 0) is 4.79 Å². The third kappa shape index (κ3) is 5.84. The zero-order valence-corrected chi connectivity index (χ0v) is 14.0. The minimum absolute atomic E-state index is 0.0508. The Kier molecular flexibility index (Phi) is 7.35. The fraction of sp³-hybridized carbons (Fsp3) is 0.857. The fourth-order valence-electron chi connectivity index (χ4n) is 2.94. The standard InChI is InChI=1S/C14H24N6O2S/c15-20-17-8-4-3-7-16-12(21)6-2-1-5-11-13-10(9-23-11)18-14(22)19-13/h10-11,13H,1-9H2,(H,16,21)(H2,18,19,22)/t10-,11+,13-/m1/s1. The second kappa shape index (κ2) is 9.52. The Bertz CT molecular complexity index is 468. The Hall–Kier alpha value is -1.60. The highest BCUT2D eigenvalue weighted by Crippen LogP contribution is 2.33. The highest BCUT2D eigenvalue weighted by molar-refractivity contribution is 8.00. The zero-order valence-electron chi connectivity index (χ0n) is 13.2. The van der Waals surface area contributed by atoms with Gasteiger partial charge in [0.2, 0.25) is 5.91 Å². The summed E-state index contributed by atoms with van der Waals surface area (Å²) in [6.45, 7) is 1.12. The number of carbonyl (C=O) groups excluding carboxylic acids is 2. The Labute approximate surface area is 140 Å². The quantitative estimate of drug-likeness (QED) is 0.185. The smallest absolute Gasteiger partial charge is 0.315 e. The van der Waals surface area contributed by atoms with Crippen LogP contribution < -0.4 is 16.0 Å². The van der Waals surface area contributed by atoms with Gasteiger partial charge in [0.1, 0.15) is 0 Å². The molecule has 0 aromatic heterocycles. The van der Waals surface area contributed by atoms with Crippen LogP contribution in [0.3, 0.4) is 0 Å². The molecule has 2 fully saturated rings. The van der Waals surface area contributed by atoms with Crippen LogP contribution in [0.15, 0.2) is 5.11 Å². The molecular weight excluding hydrogens is 316 g/mol. The lowest BCUT2D eigenvalue weighted by atomic mass is 10.0. The highest BCUT2D eigenvalue weighted by atomic mass is 32.2. The molecule has 0 spiro atoms. The van der Waals surface area contributed by atoms with E-state index >= 15 is 0 Å². The number of carbonyl (C=O) groups is 2. The normalized spacial score (nSPS) is 25.2. The summed E-state index contributed by atoms with van der Waals surface area (Å²) in [6.07, 6.45) is 5.09. The van der Waals surface area contributed by atoms with E-state index in [2.05, 4.69) is 26.0 Å². The predicted molar refractivity (Wildman–Crippen MR) is 90.2 cm³/mol. The summed E-state index contributed by atoms with van der Waals surface area (Å²) >= 11 is 1.91. The number of thioether (sulfide) groups is 1. The van der Waals surface area contributed by atoms with Gasteiger partial charge in [-0.3, -0.25) is 4.79 Å². The number of unbranched alkanes of at least 4 members (excludes halogenated alkanes) is 2. The van der Waals surface area contributed by atoms with Gasteiger partial charge in [0.15, 0.2) is 0 Å². The van der Waals surface area contributed by atoms with Crippen molar-refractivity contribution in [1.29, 1.82) is 0 Å². The number of nitrogens with zero attached hydrogens (tertiary/aromatic N) is 3. The van der Waals surface area contributed by atoms with Crippen molar-refractivity contribution in [2.24, 2.45) is 5.11 Å². The van der Waals surface area contributed by atoms with E-state index in [9.17, 15) is 9.59 Å². The third-order valence-corrected chi connectivity index (χ3v) is 5.66. The second-order valence-corrected chi connectivity index (χ2v) is 7.15. The minimum atomic E-state index is -0.0508. The Morgan fingerprint density at radius 3 is 3.04 bits per heavy atom. The van der Waals surface area contributed by atoms with Crippen LogP contribution in [0.25, 0.3) is 10.4 Å². The monoisotopic (exact) mass is 340 g/mol. The van der Waals surface area contributed by atoms with E-state index in [0.29, 0.717) is 24.8 Å². The molecule has 8 nitrogen and oxygen atoms in total. The molecule has 23 heavy (non-hydrogen) atoms. The molecule has 2 saturated heterocycles. The van der Waals surface area contributed by atoms with Crippen molar-refractivity contribution in [3.63, 3.8) is 0 Å². The number of hydrogen-bond acceptors (Lipinski definition) is 4. The number of urea groups is 1. The number of amides is 3. The molecule has 0 aliphatic carbocycles. The fourth-order valence-corrected chi connectivity index (χ4v) is 4.49. The molecule has 3 atom stereocenters. The lowest BCUT2D eigenvalue weighted by molar-refractivity contribution is -0.121. The first-order chi connectivity index (χ1) is 11.2. The van der Waals surface area contributed by atoms with Crippen LogP contribution in [0.5, 0.6) is 0 Å². The molecule has 0 aromatic carbocycles. The van der Waals surface area contributed by atoms with Crippen LogP contribution in [0, 0.1) is 0 Å². The zero-order chi connectivity index (χ0) is 16.5. The second-order valence-electron chi connectivity index (χ2n) is 5.88. The molecule has 2 rings (SSSR count). The first-order valence-corrected chi connectivity index (χ1v) is 9.22. The van der Waals surface area contributed by atoms with Crippen molar-refractivity contribution >= 4 is 23.7 Å². The summed E-state index contributed by atoms with van der Waals surface area (Å²) in [5, 5.41) is 12.7. The van der Waals surface area contributed by atoms with Crippen molar-refractivity contribution in [2.75, 3.05) is 18.8 Å². The van der Waals surface area contributed by atoms with Crippen LogP contribution >= 0.6 is 11.8 Å². The largest absolute Gasteiger partial charge is 0.356 e. The molecule has 128 valence electrons. The molecule has 2 heterocycles. The SMILES string of the molecule is [N-]=[N+]=NCCCCNC(=O)CCCC[C@@H]1SC[C@H]2NC(=O)N[C@@H]12. The van der Waals surface area contributed by atoms with Gasteiger partial charge in [-0.05, 0) is 31.2 Å². The molecule has 0 bridgehead atoms. The molecule has 9 heteroatoms. The van der Waals surface area contributed by atoms with Crippen molar-refractivity contribution in [3.8, 4) is 0 Å². The molecule has 3 amide bonds. The lowest BCUT2D eigenvalue weighted by Gasteiger charge is -2.16. The average Bonchev–Trinajstić information content (AvgIpc) is 3.07. The van der Waals surface area contributed by atoms with E-state index in [0.717, 1.165) is 37.9 Å². The lowest BCUT2D eigenvalue weighted by Crippen LogP contribution is -2.36. The Balaban J connectivity index is 1.48. The number of hydrogen-bond donors (Lipinski definition) is 3. The number of rotatable bonds is 10. The Morgan fingerprint density at radius 2 is 2.22 bits per heavy atom. The van der Waals surface area contributed by atoms with Crippen molar-refractivity contribution in [2.45, 2.75) is 55.9 Å². The first-order valence-electron chi connectivity index (χ1n) is 8.17. The maximum atomic E-state index is 11.7. The molecule has 2 aliphatic heterocycles. The van der Waals surface area contributed by atoms with Crippen molar-refractivity contribution in [1.82, 2.24) is 16.0 Å². The summed E-state index contributed by atoms with van der Waals surface area (Å²) in [7, 11) is 0. The van der Waals surface area contributed by atoms with Gasteiger partial charge >= 0.3 is 6.03 Å². The molecule has 2 aliphatic rings. The van der Waals surface area contributed by atoms with Crippen LogP contribution in [-0.4, -0.2) is 48.1 Å². The third-order valence-electron chi connectivity index (χ3n) is 4.15. The highest BCUT2D eigenvalue weighted by Gasteiger charge is 2.42. The van der Waals surface area contributed by atoms with Crippen molar-refractivity contribution < 1.29 is 9.59 Å². The molecular formula is C14H24N6O2S. The van der Waals surface area contributed by atoms with Crippen LogP contribution in [0.1, 0.15) is 38.5 Å². The molecule has 0 unspecified atom stereocenters. The summed E-state index contributed by atoms with van der Waals surface area (Å²) in [5.41, 5.74) is 8.14. The topological polar surface area (TPSA) is 119 Å². The van der Waals surface area contributed by atoms with Crippen molar-refractivity contribution in [3.05, 3.63) is 10.4 Å². The molecule has 0 radical (unpaired) electrons. The molecule has 3 N–H and O–H groups in total. The first kappa shape index (κ1) is 17.7. The van der Waals surface area contributed by atoms with Crippen LogP contribution in [0.2, 0.25) is 0 Å². The summed E-state index contributed by atoms with van der Waals surface area (Å²) in [4.78, 5) is 25.7. The van der Waals surface area contributed by atoms with Crippen LogP contribution in [0.4, 0.5) is 4.79 Å². The molecule has 0 aromatic rings. The van der Waals surface area contributed by atoms with Gasteiger partial charge in [-0.1, -0.05) is 11.5 Å².